The van der Waals surface area contributed by atoms with Crippen molar-refractivity contribution in [3.05, 3.63) is 35.6 Å². The van der Waals surface area contributed by atoms with Crippen molar-refractivity contribution in [1.29, 1.82) is 0 Å². The van der Waals surface area contributed by atoms with E-state index in [2.05, 4.69) is 18.7 Å². The summed E-state index contributed by atoms with van der Waals surface area (Å²) in [5.41, 5.74) is 7.19. The Kier molecular flexibility index (Phi) is 6.16. The quantitative estimate of drug-likeness (QED) is 0.790. The molecule has 2 N–H and O–H groups in total. The molecule has 1 unspecified atom stereocenters. The van der Waals surface area contributed by atoms with Crippen molar-refractivity contribution in [2.24, 2.45) is 5.73 Å². The van der Waals surface area contributed by atoms with Crippen LogP contribution >= 0.6 is 0 Å². The number of hydrogen-bond donors (Lipinski definition) is 1. The summed E-state index contributed by atoms with van der Waals surface area (Å²) in [5.74, 6) is -0.189. The van der Waals surface area contributed by atoms with E-state index in [-0.39, 0.29) is 11.9 Å². The minimum atomic E-state index is -0.189. The zero-order valence-corrected chi connectivity index (χ0v) is 10.8. The van der Waals surface area contributed by atoms with E-state index in [9.17, 15) is 4.39 Å². The number of hydrogen-bond acceptors (Lipinski definition) is 2. The highest BCUT2D eigenvalue weighted by atomic mass is 19.1. The third kappa shape index (κ3) is 5.29. The molecule has 0 heterocycles. The first-order valence-corrected chi connectivity index (χ1v) is 6.38. The lowest BCUT2D eigenvalue weighted by molar-refractivity contribution is 0.290. The van der Waals surface area contributed by atoms with Crippen LogP contribution in [-0.2, 0) is 6.42 Å². The summed E-state index contributed by atoms with van der Waals surface area (Å²) < 4.78 is 12.7. The van der Waals surface area contributed by atoms with Crippen LogP contribution in [0.15, 0.2) is 24.3 Å². The van der Waals surface area contributed by atoms with Gasteiger partial charge in [0.2, 0.25) is 0 Å². The van der Waals surface area contributed by atoms with Gasteiger partial charge >= 0.3 is 0 Å². The van der Waals surface area contributed by atoms with Crippen LogP contribution < -0.4 is 5.73 Å². The highest BCUT2D eigenvalue weighted by Crippen LogP contribution is 2.07. The average Bonchev–Trinajstić information content (AvgIpc) is 2.33. The Hall–Kier alpha value is -0.930. The number of nitrogens with zero attached hydrogens (tertiary/aromatic N) is 1. The van der Waals surface area contributed by atoms with Crippen molar-refractivity contribution >= 4 is 0 Å². The maximum Gasteiger partial charge on any atom is 0.123 e. The first-order valence-electron chi connectivity index (χ1n) is 6.38. The van der Waals surface area contributed by atoms with Gasteiger partial charge in [-0.1, -0.05) is 26.0 Å². The first kappa shape index (κ1) is 14.1. The fourth-order valence-electron chi connectivity index (χ4n) is 1.91. The Morgan fingerprint density at radius 1 is 1.18 bits per heavy atom. The molecule has 1 atom stereocenters. The van der Waals surface area contributed by atoms with Gasteiger partial charge in [-0.2, -0.15) is 0 Å². The van der Waals surface area contributed by atoms with Crippen molar-refractivity contribution in [3.63, 3.8) is 0 Å². The van der Waals surface area contributed by atoms with Gasteiger partial charge in [-0.15, -0.1) is 0 Å². The van der Waals surface area contributed by atoms with Crippen molar-refractivity contribution < 1.29 is 4.39 Å². The smallest absolute Gasteiger partial charge is 0.123 e. The minimum Gasteiger partial charge on any atom is -0.327 e. The minimum absolute atomic E-state index is 0.154. The molecular formula is C14H23FN2. The monoisotopic (exact) mass is 238 g/mol. The second-order valence-electron chi connectivity index (χ2n) is 4.41. The molecule has 1 rings (SSSR count). The summed E-state index contributed by atoms with van der Waals surface area (Å²) in [5, 5.41) is 0. The molecule has 0 radical (unpaired) electrons. The van der Waals surface area contributed by atoms with Gasteiger partial charge in [-0.25, -0.2) is 4.39 Å². The van der Waals surface area contributed by atoms with Gasteiger partial charge in [-0.05, 0) is 50.2 Å². The SMILES string of the molecule is CCN(CC)CCC(N)Cc1ccc(F)cc1. The lowest BCUT2D eigenvalue weighted by Crippen LogP contribution is -2.31. The molecule has 0 aliphatic heterocycles. The second-order valence-corrected chi connectivity index (χ2v) is 4.41. The van der Waals surface area contributed by atoms with Gasteiger partial charge in [0.25, 0.3) is 0 Å². The number of nitrogens with two attached hydrogens (primary N) is 1. The Morgan fingerprint density at radius 3 is 2.29 bits per heavy atom. The lowest BCUT2D eigenvalue weighted by Gasteiger charge is -2.20. The Labute approximate surface area is 104 Å². The average molecular weight is 238 g/mol. The molecule has 0 saturated heterocycles. The molecule has 0 amide bonds. The zero-order valence-electron chi connectivity index (χ0n) is 10.8. The molecule has 3 heteroatoms. The number of halogens is 1. The van der Waals surface area contributed by atoms with Crippen LogP contribution in [0, 0.1) is 5.82 Å². The van der Waals surface area contributed by atoms with E-state index in [0.29, 0.717) is 0 Å². The van der Waals surface area contributed by atoms with E-state index in [4.69, 9.17) is 5.73 Å². The standard InChI is InChI=1S/C14H23FN2/c1-3-17(4-2)10-9-14(16)11-12-5-7-13(15)8-6-12/h5-8,14H,3-4,9-11,16H2,1-2H3. The fraction of sp³-hybridized carbons (Fsp3) is 0.571. The van der Waals surface area contributed by atoms with Gasteiger partial charge in [0, 0.05) is 6.04 Å². The van der Waals surface area contributed by atoms with Crippen molar-refractivity contribution in [3.8, 4) is 0 Å². The maximum atomic E-state index is 12.7. The predicted molar refractivity (Wildman–Crippen MR) is 70.5 cm³/mol. The summed E-state index contributed by atoms with van der Waals surface area (Å²) in [6, 6.07) is 6.76. The van der Waals surface area contributed by atoms with Crippen molar-refractivity contribution in [2.45, 2.75) is 32.7 Å². The van der Waals surface area contributed by atoms with E-state index < -0.39 is 0 Å². The summed E-state index contributed by atoms with van der Waals surface area (Å²) in [6.45, 7) is 7.50. The topological polar surface area (TPSA) is 29.3 Å². The molecule has 2 nitrogen and oxygen atoms in total. The van der Waals surface area contributed by atoms with Gasteiger partial charge in [0.1, 0.15) is 5.82 Å². The molecule has 1 aromatic carbocycles. The van der Waals surface area contributed by atoms with Crippen LogP contribution in [-0.4, -0.2) is 30.6 Å². The molecule has 0 bridgehead atoms. The Balaban J connectivity index is 2.34. The molecule has 17 heavy (non-hydrogen) atoms. The van der Waals surface area contributed by atoms with Crippen LogP contribution in [0.25, 0.3) is 0 Å². The Morgan fingerprint density at radius 2 is 1.76 bits per heavy atom. The Bertz CT molecular complexity index is 307. The molecule has 0 fully saturated rings. The third-order valence-electron chi connectivity index (χ3n) is 3.12. The van der Waals surface area contributed by atoms with E-state index in [1.165, 1.54) is 12.1 Å². The van der Waals surface area contributed by atoms with Gasteiger partial charge in [0.05, 0.1) is 0 Å². The largest absolute Gasteiger partial charge is 0.327 e. The van der Waals surface area contributed by atoms with E-state index >= 15 is 0 Å². The third-order valence-corrected chi connectivity index (χ3v) is 3.12. The van der Waals surface area contributed by atoms with E-state index in [0.717, 1.165) is 38.0 Å². The zero-order chi connectivity index (χ0) is 12.7. The first-order chi connectivity index (χ1) is 8.15. The van der Waals surface area contributed by atoms with Crippen molar-refractivity contribution in [1.82, 2.24) is 4.90 Å². The van der Waals surface area contributed by atoms with Crippen LogP contribution in [0.2, 0.25) is 0 Å². The summed E-state index contributed by atoms with van der Waals surface area (Å²) in [6.07, 6.45) is 1.81. The van der Waals surface area contributed by atoms with E-state index in [1.54, 1.807) is 0 Å². The highest BCUT2D eigenvalue weighted by Gasteiger charge is 2.06. The number of benzene rings is 1. The maximum absolute atomic E-state index is 12.7. The van der Waals surface area contributed by atoms with Crippen LogP contribution in [0.3, 0.4) is 0 Å². The molecule has 96 valence electrons. The van der Waals surface area contributed by atoms with Crippen LogP contribution in [0.5, 0.6) is 0 Å². The molecule has 0 aliphatic rings. The van der Waals surface area contributed by atoms with Crippen LogP contribution in [0.4, 0.5) is 4.39 Å². The van der Waals surface area contributed by atoms with Gasteiger partial charge < -0.3 is 10.6 Å². The summed E-state index contributed by atoms with van der Waals surface area (Å²) >= 11 is 0. The molecular weight excluding hydrogens is 215 g/mol. The van der Waals surface area contributed by atoms with Crippen molar-refractivity contribution in [2.75, 3.05) is 19.6 Å². The fourth-order valence-corrected chi connectivity index (χ4v) is 1.91. The van der Waals surface area contributed by atoms with E-state index in [1.807, 2.05) is 12.1 Å². The summed E-state index contributed by atoms with van der Waals surface area (Å²) in [7, 11) is 0. The predicted octanol–water partition coefficient (Wildman–Crippen LogP) is 2.43. The lowest BCUT2D eigenvalue weighted by atomic mass is 10.0. The van der Waals surface area contributed by atoms with Gasteiger partial charge in [0.15, 0.2) is 0 Å². The molecule has 0 aliphatic carbocycles. The van der Waals surface area contributed by atoms with Gasteiger partial charge in [-0.3, -0.25) is 0 Å². The number of rotatable bonds is 7. The normalized spacial score (nSPS) is 13.0. The second kappa shape index (κ2) is 7.41. The highest BCUT2D eigenvalue weighted by molar-refractivity contribution is 5.17. The molecule has 0 aromatic heterocycles. The molecule has 1 aromatic rings. The summed E-state index contributed by atoms with van der Waals surface area (Å²) in [4.78, 5) is 2.37. The molecule has 0 saturated carbocycles. The van der Waals surface area contributed by atoms with Crippen LogP contribution in [0.1, 0.15) is 25.8 Å². The molecule has 0 spiro atoms.